The molecule has 12 heavy (non-hydrogen) atoms. The highest BCUT2D eigenvalue weighted by molar-refractivity contribution is 5.60. The van der Waals surface area contributed by atoms with Crippen LogP contribution < -0.4 is 11.1 Å². The van der Waals surface area contributed by atoms with Crippen molar-refractivity contribution in [2.24, 2.45) is 11.1 Å². The van der Waals surface area contributed by atoms with Crippen molar-refractivity contribution < 1.29 is 4.79 Å². The number of hydrogen-bond acceptors (Lipinski definition) is 3. The third-order valence-electron chi connectivity index (χ3n) is 2.01. The van der Waals surface area contributed by atoms with Gasteiger partial charge >= 0.3 is 0 Å². The minimum absolute atomic E-state index is 0.300. The normalized spacial score (nSPS) is 26.8. The molecule has 0 aromatic rings. The van der Waals surface area contributed by atoms with Crippen molar-refractivity contribution in [1.29, 1.82) is 0 Å². The lowest BCUT2D eigenvalue weighted by Crippen LogP contribution is -2.20. The third-order valence-corrected chi connectivity index (χ3v) is 2.01. The van der Waals surface area contributed by atoms with Gasteiger partial charge < -0.3 is 15.8 Å². The van der Waals surface area contributed by atoms with E-state index in [0.29, 0.717) is 5.41 Å². The van der Waals surface area contributed by atoms with Crippen LogP contribution in [0.3, 0.4) is 0 Å². The summed E-state index contributed by atoms with van der Waals surface area (Å²) in [5.41, 5.74) is 6.85. The van der Waals surface area contributed by atoms with Gasteiger partial charge in [-0.15, -0.1) is 0 Å². The Morgan fingerprint density at radius 3 is 2.75 bits per heavy atom. The fourth-order valence-electron chi connectivity index (χ4n) is 1.38. The predicted octanol–water partition coefficient (Wildman–Crippen LogP) is 0.416. The molecule has 3 nitrogen and oxygen atoms in total. The van der Waals surface area contributed by atoms with E-state index in [2.05, 4.69) is 19.2 Å². The van der Waals surface area contributed by atoms with Crippen molar-refractivity contribution in [2.45, 2.75) is 26.3 Å². The number of rotatable bonds is 2. The number of carbonyl (C=O) groups excluding carboxylic acids is 1. The molecule has 1 unspecified atom stereocenters. The SMILES string of the molecule is CC1(C)CN/C(=C\C(N)C=O)C1. The smallest absolute Gasteiger partial charge is 0.140 e. The van der Waals surface area contributed by atoms with E-state index in [1.165, 1.54) is 0 Å². The fourth-order valence-corrected chi connectivity index (χ4v) is 1.38. The molecule has 3 heteroatoms. The van der Waals surface area contributed by atoms with Gasteiger partial charge in [0.05, 0.1) is 6.04 Å². The minimum atomic E-state index is -0.457. The van der Waals surface area contributed by atoms with E-state index in [1.807, 2.05) is 0 Å². The van der Waals surface area contributed by atoms with Crippen molar-refractivity contribution in [3.05, 3.63) is 11.8 Å². The van der Waals surface area contributed by atoms with Crippen molar-refractivity contribution in [3.63, 3.8) is 0 Å². The zero-order chi connectivity index (χ0) is 9.19. The molecule has 0 aromatic heterocycles. The first-order chi connectivity index (χ1) is 5.53. The highest BCUT2D eigenvalue weighted by atomic mass is 16.1. The van der Waals surface area contributed by atoms with Gasteiger partial charge in [0.15, 0.2) is 0 Å². The summed E-state index contributed by atoms with van der Waals surface area (Å²) in [7, 11) is 0. The molecule has 1 aliphatic rings. The first-order valence-corrected chi connectivity index (χ1v) is 4.19. The summed E-state index contributed by atoms with van der Waals surface area (Å²) in [5, 5.41) is 3.23. The largest absolute Gasteiger partial charge is 0.388 e. The van der Waals surface area contributed by atoms with Gasteiger partial charge in [-0.2, -0.15) is 0 Å². The van der Waals surface area contributed by atoms with Gasteiger partial charge in [-0.3, -0.25) is 0 Å². The second-order valence-corrected chi connectivity index (χ2v) is 4.10. The molecule has 1 fully saturated rings. The fraction of sp³-hybridized carbons (Fsp3) is 0.667. The predicted molar refractivity (Wildman–Crippen MR) is 48.5 cm³/mol. The summed E-state index contributed by atoms with van der Waals surface area (Å²) in [6.45, 7) is 5.34. The molecule has 0 saturated carbocycles. The molecule has 1 saturated heterocycles. The lowest BCUT2D eigenvalue weighted by molar-refractivity contribution is -0.108. The van der Waals surface area contributed by atoms with Crippen molar-refractivity contribution >= 4 is 6.29 Å². The number of nitrogens with two attached hydrogens (primary N) is 1. The summed E-state index contributed by atoms with van der Waals surface area (Å²) in [6.07, 6.45) is 3.52. The lowest BCUT2D eigenvalue weighted by Gasteiger charge is -2.12. The van der Waals surface area contributed by atoms with E-state index >= 15 is 0 Å². The zero-order valence-electron chi connectivity index (χ0n) is 7.63. The van der Waals surface area contributed by atoms with Gasteiger partial charge in [0.25, 0.3) is 0 Å². The summed E-state index contributed by atoms with van der Waals surface area (Å²) in [4.78, 5) is 10.3. The monoisotopic (exact) mass is 168 g/mol. The summed E-state index contributed by atoms with van der Waals surface area (Å²) in [5.74, 6) is 0. The van der Waals surface area contributed by atoms with Crippen molar-refractivity contribution in [2.75, 3.05) is 6.54 Å². The second kappa shape index (κ2) is 3.27. The Morgan fingerprint density at radius 2 is 2.33 bits per heavy atom. The van der Waals surface area contributed by atoms with Gasteiger partial charge in [-0.25, -0.2) is 0 Å². The van der Waals surface area contributed by atoms with Crippen LogP contribution in [0.25, 0.3) is 0 Å². The molecule has 1 atom stereocenters. The quantitative estimate of drug-likeness (QED) is 0.587. The Hall–Kier alpha value is -0.830. The summed E-state index contributed by atoms with van der Waals surface area (Å²) < 4.78 is 0. The highest BCUT2D eigenvalue weighted by Gasteiger charge is 2.26. The Morgan fingerprint density at radius 1 is 1.67 bits per heavy atom. The Balaban J connectivity index is 2.57. The topological polar surface area (TPSA) is 55.1 Å². The maximum atomic E-state index is 10.3. The van der Waals surface area contributed by atoms with E-state index in [-0.39, 0.29) is 0 Å². The van der Waals surface area contributed by atoms with E-state index in [0.717, 1.165) is 24.9 Å². The molecule has 0 aromatic carbocycles. The van der Waals surface area contributed by atoms with Crippen LogP contribution >= 0.6 is 0 Å². The molecule has 1 heterocycles. The third kappa shape index (κ3) is 2.34. The molecule has 1 rings (SSSR count). The summed E-state index contributed by atoms with van der Waals surface area (Å²) in [6, 6.07) is -0.457. The molecule has 0 radical (unpaired) electrons. The highest BCUT2D eigenvalue weighted by Crippen LogP contribution is 2.28. The number of carbonyl (C=O) groups is 1. The van der Waals surface area contributed by atoms with Gasteiger partial charge in [-0.1, -0.05) is 13.8 Å². The summed E-state index contributed by atoms with van der Waals surface area (Å²) >= 11 is 0. The van der Waals surface area contributed by atoms with Crippen LogP contribution in [0.2, 0.25) is 0 Å². The maximum absolute atomic E-state index is 10.3. The maximum Gasteiger partial charge on any atom is 0.140 e. The van der Waals surface area contributed by atoms with Crippen LogP contribution in [0.1, 0.15) is 20.3 Å². The molecule has 0 bridgehead atoms. The van der Waals surface area contributed by atoms with Crippen LogP contribution in [0.5, 0.6) is 0 Å². The van der Waals surface area contributed by atoms with Gasteiger partial charge in [-0.05, 0) is 17.9 Å². The zero-order valence-corrected chi connectivity index (χ0v) is 7.63. The number of allylic oxidation sites excluding steroid dienone is 1. The molecular weight excluding hydrogens is 152 g/mol. The molecule has 0 spiro atoms. The number of aldehydes is 1. The molecule has 1 aliphatic heterocycles. The van der Waals surface area contributed by atoms with Gasteiger partial charge in [0.2, 0.25) is 0 Å². The molecular formula is C9H16N2O. The van der Waals surface area contributed by atoms with E-state index < -0.39 is 6.04 Å². The van der Waals surface area contributed by atoms with E-state index in [4.69, 9.17) is 5.73 Å². The first kappa shape index (κ1) is 9.26. The minimum Gasteiger partial charge on any atom is -0.388 e. The Bertz CT molecular complexity index is 209. The van der Waals surface area contributed by atoms with Crippen molar-refractivity contribution in [1.82, 2.24) is 5.32 Å². The molecule has 0 aliphatic carbocycles. The molecule has 0 amide bonds. The van der Waals surface area contributed by atoms with Crippen LogP contribution in [0.4, 0.5) is 0 Å². The molecule has 3 N–H and O–H groups in total. The first-order valence-electron chi connectivity index (χ1n) is 4.19. The van der Waals surface area contributed by atoms with E-state index in [9.17, 15) is 4.79 Å². The van der Waals surface area contributed by atoms with E-state index in [1.54, 1.807) is 6.08 Å². The number of nitrogens with one attached hydrogen (secondary N) is 1. The lowest BCUT2D eigenvalue weighted by atomic mass is 9.92. The van der Waals surface area contributed by atoms with Crippen LogP contribution in [-0.4, -0.2) is 18.9 Å². The van der Waals surface area contributed by atoms with Crippen molar-refractivity contribution in [3.8, 4) is 0 Å². The number of hydrogen-bond donors (Lipinski definition) is 2. The Kier molecular flexibility index (Phi) is 2.52. The van der Waals surface area contributed by atoms with Crippen LogP contribution in [-0.2, 0) is 4.79 Å². The second-order valence-electron chi connectivity index (χ2n) is 4.10. The van der Waals surface area contributed by atoms with Crippen LogP contribution in [0, 0.1) is 5.41 Å². The van der Waals surface area contributed by atoms with Gasteiger partial charge in [0.1, 0.15) is 6.29 Å². The Labute approximate surface area is 73.0 Å². The van der Waals surface area contributed by atoms with Gasteiger partial charge in [0, 0.05) is 12.2 Å². The standard InChI is InChI=1S/C9H16N2O/c1-9(2)4-8(11-6-9)3-7(10)5-12/h3,5,7,11H,4,6,10H2,1-2H3/b8-3-. The average molecular weight is 168 g/mol. The molecule has 68 valence electrons. The van der Waals surface area contributed by atoms with Crippen LogP contribution in [0.15, 0.2) is 11.8 Å². The average Bonchev–Trinajstić information content (AvgIpc) is 2.30.